The highest BCUT2D eigenvalue weighted by Gasteiger charge is 2.65. The maximum atomic E-state index is 14.0. The first-order valence-corrected chi connectivity index (χ1v) is 18.3. The molecule has 3 aromatic rings. The molecular formula is C31H41N2O9PSi. The summed E-state index contributed by atoms with van der Waals surface area (Å²) >= 11 is 0. The predicted molar refractivity (Wildman–Crippen MR) is 168 cm³/mol. The largest absolute Gasteiger partial charge is 0.405 e. The molecule has 2 aliphatic heterocycles. The zero-order valence-electron chi connectivity index (χ0n) is 25.9. The van der Waals surface area contributed by atoms with Crippen molar-refractivity contribution in [2.24, 2.45) is 0 Å². The molecule has 2 fully saturated rings. The molecule has 5 atom stereocenters. The minimum atomic E-state index is -3.95. The van der Waals surface area contributed by atoms with Gasteiger partial charge in [0.05, 0.1) is 19.8 Å². The molecule has 0 radical (unpaired) electrons. The Balaban J connectivity index is 1.56. The highest BCUT2D eigenvalue weighted by molar-refractivity contribution is 7.55. The number of nitrogens with one attached hydrogen (secondary N) is 1. The molecule has 0 saturated carbocycles. The summed E-state index contributed by atoms with van der Waals surface area (Å²) in [6, 6.07) is 21.6. The van der Waals surface area contributed by atoms with Crippen LogP contribution in [0.3, 0.4) is 0 Å². The number of ether oxygens (including phenoxy) is 3. The summed E-state index contributed by atoms with van der Waals surface area (Å²) in [5.41, 5.74) is -3.00. The Morgan fingerprint density at radius 3 is 1.95 bits per heavy atom. The monoisotopic (exact) mass is 644 g/mol. The molecule has 0 amide bonds. The topological polar surface area (TPSA) is 127 Å². The molecule has 238 valence electrons. The number of nitrogens with zero attached hydrogens (tertiary/aromatic N) is 1. The van der Waals surface area contributed by atoms with Crippen LogP contribution in [0.5, 0.6) is 0 Å². The predicted octanol–water partition coefficient (Wildman–Crippen LogP) is 3.73. The van der Waals surface area contributed by atoms with E-state index in [1.807, 2.05) is 36.4 Å². The minimum absolute atomic E-state index is 0.0794. The van der Waals surface area contributed by atoms with Crippen LogP contribution in [0.4, 0.5) is 0 Å². The van der Waals surface area contributed by atoms with Gasteiger partial charge < -0.3 is 27.7 Å². The number of H-pyrrole nitrogens is 1. The van der Waals surface area contributed by atoms with Gasteiger partial charge in [-0.05, 0) is 29.3 Å². The van der Waals surface area contributed by atoms with Crippen LogP contribution >= 0.6 is 7.60 Å². The van der Waals surface area contributed by atoms with Crippen molar-refractivity contribution in [1.29, 1.82) is 0 Å². The molecular weight excluding hydrogens is 603 g/mol. The van der Waals surface area contributed by atoms with Crippen molar-refractivity contribution < 1.29 is 32.2 Å². The van der Waals surface area contributed by atoms with Gasteiger partial charge in [-0.25, -0.2) is 4.79 Å². The molecule has 1 aromatic heterocycles. The Labute approximate surface area is 258 Å². The summed E-state index contributed by atoms with van der Waals surface area (Å²) < 4.78 is 52.8. The van der Waals surface area contributed by atoms with Crippen molar-refractivity contribution in [3.05, 3.63) is 93.8 Å². The molecule has 0 aliphatic carbocycles. The van der Waals surface area contributed by atoms with Crippen LogP contribution in [-0.4, -0.2) is 61.5 Å². The fourth-order valence-corrected chi connectivity index (χ4v) is 12.5. The number of rotatable bonds is 11. The second-order valence-electron chi connectivity index (χ2n) is 12.0. The Morgan fingerprint density at radius 1 is 0.909 bits per heavy atom. The van der Waals surface area contributed by atoms with Crippen molar-refractivity contribution in [1.82, 2.24) is 9.55 Å². The van der Waals surface area contributed by atoms with Crippen LogP contribution < -0.4 is 21.6 Å². The van der Waals surface area contributed by atoms with Gasteiger partial charge in [-0.15, -0.1) is 0 Å². The highest BCUT2D eigenvalue weighted by Crippen LogP contribution is 2.65. The summed E-state index contributed by atoms with van der Waals surface area (Å²) in [5, 5.41) is 1.88. The van der Waals surface area contributed by atoms with Crippen LogP contribution in [0.25, 0.3) is 0 Å². The van der Waals surface area contributed by atoms with Gasteiger partial charge in [0.2, 0.25) is 0 Å². The lowest BCUT2D eigenvalue weighted by molar-refractivity contribution is -0.176. The van der Waals surface area contributed by atoms with E-state index in [9.17, 15) is 14.2 Å². The van der Waals surface area contributed by atoms with E-state index in [0.717, 1.165) is 10.4 Å². The number of aromatic nitrogens is 2. The summed E-state index contributed by atoms with van der Waals surface area (Å²) in [6.45, 7) is 11.7. The van der Waals surface area contributed by atoms with E-state index < -0.39 is 57.2 Å². The molecule has 5 rings (SSSR count). The van der Waals surface area contributed by atoms with E-state index in [0.29, 0.717) is 0 Å². The summed E-state index contributed by atoms with van der Waals surface area (Å²) in [5.74, 6) is 0. The first kappa shape index (κ1) is 32.7. The normalized spacial score (nSPS) is 25.7. The van der Waals surface area contributed by atoms with E-state index >= 15 is 0 Å². The van der Waals surface area contributed by atoms with Gasteiger partial charge >= 0.3 is 13.3 Å². The summed E-state index contributed by atoms with van der Waals surface area (Å²) in [4.78, 5) is 27.0. The summed E-state index contributed by atoms with van der Waals surface area (Å²) in [7, 11) is -6.92. The molecule has 2 aliphatic rings. The van der Waals surface area contributed by atoms with Crippen molar-refractivity contribution in [2.75, 3.05) is 19.8 Å². The summed E-state index contributed by atoms with van der Waals surface area (Å²) in [6.07, 6.45) is -2.13. The molecule has 0 unspecified atom stereocenters. The zero-order chi connectivity index (χ0) is 31.8. The van der Waals surface area contributed by atoms with Crippen LogP contribution in [0.15, 0.2) is 82.5 Å². The van der Waals surface area contributed by atoms with Crippen molar-refractivity contribution in [3.63, 3.8) is 0 Å². The Morgan fingerprint density at radius 2 is 1.45 bits per heavy atom. The smallest absolute Gasteiger partial charge is 0.389 e. The first-order valence-electron chi connectivity index (χ1n) is 14.9. The molecule has 13 heteroatoms. The molecule has 2 saturated heterocycles. The van der Waals surface area contributed by atoms with Crippen molar-refractivity contribution in [2.45, 2.75) is 76.6 Å². The van der Waals surface area contributed by atoms with E-state index in [1.165, 1.54) is 23.8 Å². The van der Waals surface area contributed by atoms with E-state index in [1.54, 1.807) is 13.8 Å². The SMILES string of the molecule is CCOP(=O)(OCC)[C@]1(C)O[C@@H]2[C@H](O1)[C@@H](CO[Si](c1ccccc1)(c1ccccc1)C(C)(C)C)O[C@H]2n1ccc(=O)[nH]c1=O. The Bertz CT molecular complexity index is 1540. The standard InChI is InChI=1S/C31H41N2O9PSi/c1-7-37-43(36,38-8-2)31(6)41-26-24(40-28(27(26)42-31)33-20-19-25(34)32-29(33)35)21-39-44(30(3,4)5,22-15-11-9-12-16-22)23-17-13-10-14-18-23/h9-20,24,26-28H,7-8,21H2,1-6H3,(H,32,34,35)/t24-,26-,27-,28-,31+/m1/s1. The third-order valence-electron chi connectivity index (χ3n) is 8.10. The molecule has 44 heavy (non-hydrogen) atoms. The van der Waals surface area contributed by atoms with Gasteiger partial charge in [0.25, 0.3) is 19.4 Å². The van der Waals surface area contributed by atoms with Gasteiger partial charge in [-0.2, -0.15) is 0 Å². The van der Waals surface area contributed by atoms with Crippen LogP contribution in [0.1, 0.15) is 47.8 Å². The fraction of sp³-hybridized carbons (Fsp3) is 0.484. The number of aromatic amines is 1. The number of benzene rings is 2. The number of hydrogen-bond donors (Lipinski definition) is 1. The average molecular weight is 645 g/mol. The van der Waals surface area contributed by atoms with Crippen molar-refractivity contribution >= 4 is 26.3 Å². The molecule has 0 spiro atoms. The maximum Gasteiger partial charge on any atom is 0.389 e. The molecule has 1 N–H and O–H groups in total. The lowest BCUT2D eigenvalue weighted by Gasteiger charge is -2.43. The average Bonchev–Trinajstić information content (AvgIpc) is 3.50. The molecule has 0 bridgehead atoms. The zero-order valence-corrected chi connectivity index (χ0v) is 27.8. The van der Waals surface area contributed by atoms with E-state index in [-0.39, 0.29) is 24.9 Å². The molecule has 2 aromatic carbocycles. The van der Waals surface area contributed by atoms with Crippen LogP contribution in [0.2, 0.25) is 5.04 Å². The number of fused-ring (bicyclic) bond motifs is 1. The van der Waals surface area contributed by atoms with Crippen LogP contribution in [0, 0.1) is 0 Å². The maximum absolute atomic E-state index is 14.0. The lowest BCUT2D eigenvalue weighted by atomic mass is 10.1. The van der Waals surface area contributed by atoms with Gasteiger partial charge in [0.15, 0.2) is 6.23 Å². The lowest BCUT2D eigenvalue weighted by Crippen LogP contribution is -2.67. The molecule has 11 nitrogen and oxygen atoms in total. The minimum Gasteiger partial charge on any atom is -0.405 e. The van der Waals surface area contributed by atoms with Gasteiger partial charge in [0.1, 0.15) is 18.3 Å². The van der Waals surface area contributed by atoms with Gasteiger partial charge in [-0.1, -0.05) is 81.4 Å². The van der Waals surface area contributed by atoms with E-state index in [4.69, 9.17) is 27.7 Å². The van der Waals surface area contributed by atoms with Crippen molar-refractivity contribution in [3.8, 4) is 0 Å². The third kappa shape index (κ3) is 5.74. The third-order valence-corrected chi connectivity index (χ3v) is 15.5. The quantitative estimate of drug-likeness (QED) is 0.245. The number of hydrogen-bond acceptors (Lipinski definition) is 9. The van der Waals surface area contributed by atoms with Gasteiger partial charge in [0, 0.05) is 19.2 Å². The first-order chi connectivity index (χ1) is 20.9. The Hall–Kier alpha value is -2.67. The Kier molecular flexibility index (Phi) is 9.38. The second kappa shape index (κ2) is 12.6. The molecule has 3 heterocycles. The van der Waals surface area contributed by atoms with Gasteiger partial charge in [-0.3, -0.25) is 18.9 Å². The fourth-order valence-electron chi connectivity index (χ4n) is 6.20. The van der Waals surface area contributed by atoms with E-state index in [2.05, 4.69) is 50.0 Å². The van der Waals surface area contributed by atoms with Crippen LogP contribution in [-0.2, 0) is 32.2 Å². The second-order valence-corrected chi connectivity index (χ2v) is 18.6. The highest BCUT2D eigenvalue weighted by atomic mass is 31.2.